The average Bonchev–Trinajstić information content (AvgIpc) is 2.69. The zero-order valence-corrected chi connectivity index (χ0v) is 15.0. The topological polar surface area (TPSA) is 85.1 Å². The summed E-state index contributed by atoms with van der Waals surface area (Å²) in [6, 6.07) is 7.46. The van der Waals surface area contributed by atoms with Gasteiger partial charge in [-0.1, -0.05) is 0 Å². The summed E-state index contributed by atoms with van der Waals surface area (Å²) in [6.07, 6.45) is 4.47. The number of hydrogen-bond acceptors (Lipinski definition) is 6. The fraction of sp³-hybridized carbons (Fsp3) is 0.450. The molecular weight excluding hydrogens is 326 g/mol. The zero-order valence-electron chi connectivity index (χ0n) is 15.0. The van der Waals surface area contributed by atoms with Crippen LogP contribution in [0.1, 0.15) is 36.0 Å². The first-order chi connectivity index (χ1) is 12.7. The fourth-order valence-corrected chi connectivity index (χ4v) is 4.12. The Hall–Kier alpha value is -2.65. The Labute approximate surface area is 153 Å². The molecule has 1 aromatic carbocycles. The zero-order chi connectivity index (χ0) is 18.1. The Kier molecular flexibility index (Phi) is 4.48. The predicted molar refractivity (Wildman–Crippen MR) is 100 cm³/mol. The Morgan fingerprint density at radius 1 is 1.31 bits per heavy atom. The molecule has 1 atom stereocenters. The minimum absolute atomic E-state index is 0.0746. The Balaban J connectivity index is 1.73. The van der Waals surface area contributed by atoms with E-state index in [0.717, 1.165) is 43.9 Å². The highest BCUT2D eigenvalue weighted by molar-refractivity contribution is 5.73. The van der Waals surface area contributed by atoms with E-state index in [9.17, 15) is 5.11 Å². The van der Waals surface area contributed by atoms with Gasteiger partial charge in [0.25, 0.3) is 0 Å². The van der Waals surface area contributed by atoms with Gasteiger partial charge in [-0.25, -0.2) is 0 Å². The van der Waals surface area contributed by atoms with Gasteiger partial charge in [-0.05, 0) is 62.9 Å². The molecule has 6 heteroatoms. The Bertz CT molecular complexity index is 867. The standard InChI is InChI=1S/C20H23N5O/c1-13-16-5-3-9-25(15-4-2-8-22-12-15)20(16)24-23-19(13)17-7-6-14(11-21)10-18(17)26/h6-7,10,15,22,26H,2-5,8-9,12H2,1H3/t15-/m1/s1. The van der Waals surface area contributed by atoms with Crippen LogP contribution in [-0.2, 0) is 6.42 Å². The highest BCUT2D eigenvalue weighted by Gasteiger charge is 2.29. The quantitative estimate of drug-likeness (QED) is 0.867. The van der Waals surface area contributed by atoms with Crippen LogP contribution in [0.4, 0.5) is 5.82 Å². The number of rotatable bonds is 2. The third-order valence-corrected chi connectivity index (χ3v) is 5.51. The monoisotopic (exact) mass is 349 g/mol. The molecule has 2 aliphatic rings. The van der Waals surface area contributed by atoms with Crippen molar-refractivity contribution in [1.82, 2.24) is 15.5 Å². The van der Waals surface area contributed by atoms with Crippen LogP contribution >= 0.6 is 0 Å². The Morgan fingerprint density at radius 3 is 2.92 bits per heavy atom. The van der Waals surface area contributed by atoms with Crippen molar-refractivity contribution in [3.63, 3.8) is 0 Å². The van der Waals surface area contributed by atoms with E-state index in [1.807, 2.05) is 6.07 Å². The second-order valence-corrected chi connectivity index (χ2v) is 7.12. The second-order valence-electron chi connectivity index (χ2n) is 7.12. The van der Waals surface area contributed by atoms with Crippen molar-refractivity contribution in [2.24, 2.45) is 0 Å². The van der Waals surface area contributed by atoms with Gasteiger partial charge >= 0.3 is 0 Å². The molecule has 0 bridgehead atoms. The smallest absolute Gasteiger partial charge is 0.155 e. The number of nitrogens with one attached hydrogen (secondary N) is 1. The maximum Gasteiger partial charge on any atom is 0.155 e. The number of aromatic hydroxyl groups is 1. The number of nitrogens with zero attached hydrogens (tertiary/aromatic N) is 4. The molecule has 26 heavy (non-hydrogen) atoms. The first-order valence-corrected chi connectivity index (χ1v) is 9.26. The molecule has 0 saturated carbocycles. The van der Waals surface area contributed by atoms with Crippen molar-refractivity contribution >= 4 is 5.82 Å². The van der Waals surface area contributed by atoms with E-state index in [4.69, 9.17) is 5.26 Å². The number of benzene rings is 1. The van der Waals surface area contributed by atoms with Crippen LogP contribution in [0.25, 0.3) is 11.3 Å². The SMILES string of the molecule is Cc1c(-c2ccc(C#N)cc2O)nnc2c1CCCN2[C@@H]1CCCNC1. The van der Waals surface area contributed by atoms with E-state index >= 15 is 0 Å². The number of anilines is 1. The molecule has 2 N–H and O–H groups in total. The molecular formula is C20H23N5O. The van der Waals surface area contributed by atoms with E-state index < -0.39 is 0 Å². The first-order valence-electron chi connectivity index (χ1n) is 9.26. The molecule has 0 amide bonds. The van der Waals surface area contributed by atoms with Gasteiger partial charge < -0.3 is 15.3 Å². The van der Waals surface area contributed by atoms with Crippen molar-refractivity contribution in [1.29, 1.82) is 5.26 Å². The number of nitriles is 1. The van der Waals surface area contributed by atoms with Crippen LogP contribution in [0.15, 0.2) is 18.2 Å². The molecule has 134 valence electrons. The average molecular weight is 349 g/mol. The maximum atomic E-state index is 10.3. The highest BCUT2D eigenvalue weighted by Crippen LogP contribution is 2.36. The molecule has 1 saturated heterocycles. The molecule has 4 rings (SSSR count). The minimum Gasteiger partial charge on any atom is -0.507 e. The molecule has 1 fully saturated rings. The molecule has 2 aromatic rings. The molecule has 0 spiro atoms. The highest BCUT2D eigenvalue weighted by atomic mass is 16.3. The van der Waals surface area contributed by atoms with E-state index in [2.05, 4.69) is 27.3 Å². The fourth-order valence-electron chi connectivity index (χ4n) is 4.12. The van der Waals surface area contributed by atoms with Gasteiger partial charge in [0, 0.05) is 30.3 Å². The van der Waals surface area contributed by atoms with Crippen LogP contribution in [0.5, 0.6) is 5.75 Å². The van der Waals surface area contributed by atoms with Gasteiger partial charge in [0.05, 0.1) is 17.3 Å². The van der Waals surface area contributed by atoms with Crippen molar-refractivity contribution in [2.45, 2.75) is 38.6 Å². The summed E-state index contributed by atoms with van der Waals surface area (Å²) in [7, 11) is 0. The summed E-state index contributed by atoms with van der Waals surface area (Å²) in [4.78, 5) is 2.41. The molecule has 0 aliphatic carbocycles. The van der Waals surface area contributed by atoms with Crippen LogP contribution in [0.3, 0.4) is 0 Å². The number of hydrogen-bond donors (Lipinski definition) is 2. The van der Waals surface area contributed by atoms with Crippen LogP contribution in [0.2, 0.25) is 0 Å². The molecule has 2 aliphatic heterocycles. The summed E-state index contributed by atoms with van der Waals surface area (Å²) >= 11 is 0. The van der Waals surface area contributed by atoms with Gasteiger partial charge in [-0.3, -0.25) is 0 Å². The van der Waals surface area contributed by atoms with E-state index in [1.54, 1.807) is 12.1 Å². The molecule has 3 heterocycles. The summed E-state index contributed by atoms with van der Waals surface area (Å²) in [5, 5.41) is 31.8. The number of piperidine rings is 1. The summed E-state index contributed by atoms with van der Waals surface area (Å²) in [5.41, 5.74) is 4.08. The van der Waals surface area contributed by atoms with Crippen molar-refractivity contribution < 1.29 is 5.11 Å². The summed E-state index contributed by atoms with van der Waals surface area (Å²) in [5.74, 6) is 1.07. The molecule has 6 nitrogen and oxygen atoms in total. The second kappa shape index (κ2) is 6.93. The molecule has 0 radical (unpaired) electrons. The Morgan fingerprint density at radius 2 is 2.19 bits per heavy atom. The van der Waals surface area contributed by atoms with Crippen LogP contribution in [0, 0.1) is 18.3 Å². The third kappa shape index (κ3) is 2.89. The van der Waals surface area contributed by atoms with Gasteiger partial charge in [0.1, 0.15) is 5.75 Å². The van der Waals surface area contributed by atoms with E-state index in [0.29, 0.717) is 22.9 Å². The summed E-state index contributed by atoms with van der Waals surface area (Å²) < 4.78 is 0. The van der Waals surface area contributed by atoms with Gasteiger partial charge in [0.15, 0.2) is 5.82 Å². The minimum atomic E-state index is 0.0746. The van der Waals surface area contributed by atoms with Crippen molar-refractivity contribution in [3.8, 4) is 23.1 Å². The van der Waals surface area contributed by atoms with E-state index in [1.165, 1.54) is 24.5 Å². The number of phenolic OH excluding ortho intramolecular Hbond substituents is 1. The van der Waals surface area contributed by atoms with Gasteiger partial charge in [0.2, 0.25) is 0 Å². The normalized spacial score (nSPS) is 19.7. The van der Waals surface area contributed by atoms with Crippen molar-refractivity contribution in [3.05, 3.63) is 34.9 Å². The number of fused-ring (bicyclic) bond motifs is 1. The summed E-state index contributed by atoms with van der Waals surface area (Å²) in [6.45, 7) is 5.18. The van der Waals surface area contributed by atoms with Gasteiger partial charge in [-0.15, -0.1) is 10.2 Å². The van der Waals surface area contributed by atoms with Crippen LogP contribution < -0.4 is 10.2 Å². The number of phenols is 1. The van der Waals surface area contributed by atoms with Crippen LogP contribution in [-0.4, -0.2) is 41.0 Å². The lowest BCUT2D eigenvalue weighted by Gasteiger charge is -2.39. The lowest BCUT2D eigenvalue weighted by atomic mass is 9.94. The third-order valence-electron chi connectivity index (χ3n) is 5.51. The predicted octanol–water partition coefficient (Wildman–Crippen LogP) is 2.53. The lowest BCUT2D eigenvalue weighted by molar-refractivity contribution is 0.420. The molecule has 0 unspecified atom stereocenters. The van der Waals surface area contributed by atoms with Gasteiger partial charge in [-0.2, -0.15) is 5.26 Å². The number of aromatic nitrogens is 2. The van der Waals surface area contributed by atoms with Crippen molar-refractivity contribution in [2.75, 3.05) is 24.5 Å². The maximum absolute atomic E-state index is 10.3. The first kappa shape index (κ1) is 16.8. The van der Waals surface area contributed by atoms with E-state index in [-0.39, 0.29) is 5.75 Å². The largest absolute Gasteiger partial charge is 0.507 e. The lowest BCUT2D eigenvalue weighted by Crippen LogP contribution is -2.48. The molecule has 1 aromatic heterocycles.